The largest absolute Gasteiger partial charge is 0.407 e. The first-order valence-electron chi connectivity index (χ1n) is 20.9. The number of hydrogen-bond acceptors (Lipinski definition) is 9. The second-order valence-electron chi connectivity index (χ2n) is 16.8. The second-order valence-corrected chi connectivity index (χ2v) is 16.8. The van der Waals surface area contributed by atoms with Crippen molar-refractivity contribution >= 4 is 52.4 Å². The maximum absolute atomic E-state index is 15.4. The molecule has 1 aromatic heterocycles. The van der Waals surface area contributed by atoms with E-state index in [2.05, 4.69) is 25.4 Å². The van der Waals surface area contributed by atoms with E-state index in [1.165, 1.54) is 18.2 Å². The normalized spacial score (nSPS) is 21.1. The van der Waals surface area contributed by atoms with Gasteiger partial charge in [-0.15, -0.1) is 0 Å². The number of imide groups is 2. The van der Waals surface area contributed by atoms with Crippen LogP contribution in [0.2, 0.25) is 0 Å². The molecule has 4 fully saturated rings. The fourth-order valence-corrected chi connectivity index (χ4v) is 9.44. The number of fused-ring (bicyclic) bond motifs is 1. The van der Waals surface area contributed by atoms with Gasteiger partial charge < -0.3 is 20.0 Å². The van der Waals surface area contributed by atoms with Crippen LogP contribution in [-0.2, 0) is 27.0 Å². The number of anilines is 3. The zero-order valence-corrected chi connectivity index (χ0v) is 33.5. The molecule has 5 amide bonds. The predicted octanol–water partition coefficient (Wildman–Crippen LogP) is 6.22. The number of carbonyl (C=O) groups is 5. The van der Waals surface area contributed by atoms with Gasteiger partial charge in [0.05, 0.1) is 28.9 Å². The molecule has 0 spiro atoms. The zero-order chi connectivity index (χ0) is 43.0. The molecule has 6 heterocycles. The van der Waals surface area contributed by atoms with Crippen molar-refractivity contribution in [2.75, 3.05) is 60.9 Å². The lowest BCUT2D eigenvalue weighted by Crippen LogP contribution is -2.54. The zero-order valence-electron chi connectivity index (χ0n) is 33.5. The molecule has 0 bridgehead atoms. The van der Waals surface area contributed by atoms with Crippen molar-refractivity contribution in [3.05, 3.63) is 88.1 Å². The Morgan fingerprint density at radius 1 is 0.836 bits per heavy atom. The Morgan fingerprint density at radius 2 is 1.51 bits per heavy atom. The quantitative estimate of drug-likeness (QED) is 0.146. The highest BCUT2D eigenvalue weighted by molar-refractivity contribution is 6.23. The average Bonchev–Trinajstić information content (AvgIpc) is 3.48. The minimum absolute atomic E-state index is 0.00854. The lowest BCUT2D eigenvalue weighted by molar-refractivity contribution is -0.137. The van der Waals surface area contributed by atoms with E-state index < -0.39 is 52.9 Å². The van der Waals surface area contributed by atoms with E-state index in [1.807, 2.05) is 21.9 Å². The van der Waals surface area contributed by atoms with Crippen LogP contribution in [0.5, 0.6) is 0 Å². The summed E-state index contributed by atoms with van der Waals surface area (Å²) in [5, 5.41) is 5.07. The summed E-state index contributed by atoms with van der Waals surface area (Å²) in [5.41, 5.74) is 0.358. The molecule has 0 radical (unpaired) electrons. The summed E-state index contributed by atoms with van der Waals surface area (Å²) >= 11 is 0. The lowest BCUT2D eigenvalue weighted by atomic mass is 9.89. The van der Waals surface area contributed by atoms with Crippen molar-refractivity contribution in [2.45, 2.75) is 70.0 Å². The summed E-state index contributed by atoms with van der Waals surface area (Å²) in [6.07, 6.45) is 2.84. The van der Waals surface area contributed by atoms with Gasteiger partial charge >= 0.3 is 6.18 Å². The topological polar surface area (TPSA) is 140 Å². The van der Waals surface area contributed by atoms with Crippen molar-refractivity contribution in [2.24, 2.45) is 17.8 Å². The van der Waals surface area contributed by atoms with Crippen LogP contribution in [0.4, 0.5) is 40.4 Å². The number of piperidine rings is 4. The van der Waals surface area contributed by atoms with Crippen molar-refractivity contribution < 1.29 is 41.5 Å². The third-order valence-corrected chi connectivity index (χ3v) is 12.9. The molecule has 17 heteroatoms. The number of benzene rings is 2. The van der Waals surface area contributed by atoms with E-state index in [-0.39, 0.29) is 41.5 Å². The van der Waals surface area contributed by atoms with E-state index in [4.69, 9.17) is 6.57 Å². The van der Waals surface area contributed by atoms with Gasteiger partial charge in [-0.25, -0.2) is 14.2 Å². The summed E-state index contributed by atoms with van der Waals surface area (Å²) in [7, 11) is 0. The van der Waals surface area contributed by atoms with Gasteiger partial charge in [-0.2, -0.15) is 13.2 Å². The van der Waals surface area contributed by atoms with Crippen molar-refractivity contribution in [1.29, 1.82) is 0 Å². The Hall–Kier alpha value is -5.89. The molecule has 0 saturated carbocycles. The van der Waals surface area contributed by atoms with Crippen LogP contribution in [0.3, 0.4) is 0 Å². The Kier molecular flexibility index (Phi) is 11.8. The number of rotatable bonds is 9. The molecular weight excluding hydrogens is 797 g/mol. The first-order chi connectivity index (χ1) is 29.2. The van der Waals surface area contributed by atoms with Gasteiger partial charge in [-0.05, 0) is 112 Å². The maximum atomic E-state index is 15.4. The van der Waals surface area contributed by atoms with Crippen LogP contribution in [0.25, 0.3) is 4.85 Å². The molecule has 61 heavy (non-hydrogen) atoms. The molecule has 5 aliphatic rings. The molecule has 1 atom stereocenters. The number of aromatic nitrogens is 1. The smallest absolute Gasteiger partial charge is 0.372 e. The summed E-state index contributed by atoms with van der Waals surface area (Å²) in [6.45, 7) is 12.0. The second kappa shape index (κ2) is 17.2. The van der Waals surface area contributed by atoms with Crippen LogP contribution in [-0.4, -0.2) is 96.2 Å². The first kappa shape index (κ1) is 41.8. The minimum Gasteiger partial charge on any atom is -0.372 e. The number of carbonyl (C=O) groups excluding carboxylic acids is 5. The molecule has 2 aromatic carbocycles. The number of likely N-dealkylation sites (tertiary alicyclic amines) is 1. The monoisotopic (exact) mass is 842 g/mol. The third-order valence-electron chi connectivity index (χ3n) is 12.9. The molecule has 3 aromatic rings. The lowest BCUT2D eigenvalue weighted by Gasteiger charge is -2.38. The van der Waals surface area contributed by atoms with Crippen molar-refractivity contribution in [3.63, 3.8) is 0 Å². The fourth-order valence-electron chi connectivity index (χ4n) is 9.44. The molecule has 320 valence electrons. The molecule has 5 aliphatic heterocycles. The Morgan fingerprint density at radius 3 is 2.15 bits per heavy atom. The van der Waals surface area contributed by atoms with Crippen LogP contribution in [0.1, 0.15) is 83.2 Å². The molecule has 1 unspecified atom stereocenters. The summed E-state index contributed by atoms with van der Waals surface area (Å²) in [5.74, 6) is -2.21. The molecule has 4 saturated heterocycles. The molecule has 13 nitrogen and oxygen atoms in total. The van der Waals surface area contributed by atoms with E-state index in [1.54, 1.807) is 6.20 Å². The van der Waals surface area contributed by atoms with Gasteiger partial charge in [0, 0.05) is 56.9 Å². The van der Waals surface area contributed by atoms with Crippen LogP contribution in [0.15, 0.2) is 48.7 Å². The van der Waals surface area contributed by atoms with Crippen LogP contribution >= 0.6 is 0 Å². The number of nitrogens with zero attached hydrogens (tertiary/aromatic N) is 6. The summed E-state index contributed by atoms with van der Waals surface area (Å²) in [6, 6.07) is 8.94. The van der Waals surface area contributed by atoms with E-state index in [0.717, 1.165) is 74.3 Å². The number of halogens is 4. The maximum Gasteiger partial charge on any atom is 0.407 e. The highest BCUT2D eigenvalue weighted by atomic mass is 19.4. The van der Waals surface area contributed by atoms with Crippen molar-refractivity contribution in [3.8, 4) is 0 Å². The van der Waals surface area contributed by atoms with Crippen LogP contribution < -0.4 is 20.4 Å². The van der Waals surface area contributed by atoms with Gasteiger partial charge in [0.2, 0.25) is 17.7 Å². The molecule has 2 N–H and O–H groups in total. The molecule has 8 rings (SSSR count). The predicted molar refractivity (Wildman–Crippen MR) is 216 cm³/mol. The van der Waals surface area contributed by atoms with E-state index in [0.29, 0.717) is 62.4 Å². The number of pyridine rings is 1. The van der Waals surface area contributed by atoms with E-state index in [9.17, 15) is 37.1 Å². The highest BCUT2D eigenvalue weighted by Gasteiger charge is 2.45. The summed E-state index contributed by atoms with van der Waals surface area (Å²) < 4.78 is 55.9. The number of nitrogens with one attached hydrogen (secondary N) is 2. The van der Waals surface area contributed by atoms with Crippen molar-refractivity contribution in [1.82, 2.24) is 20.1 Å². The SMILES string of the molecule is [C-]#[N+]c1ccc(N2CCC(C(=O)Nc3ccc(CC4CCN(CC5CCN(c6cc7c(cc6F)C(=O)N(C6CCC(=O)NC6=O)C7=O)CC5)CC4)cn3)CC2)cc1C(F)(F)F. The average molecular weight is 843 g/mol. The minimum atomic E-state index is -4.62. The van der Waals surface area contributed by atoms with Crippen LogP contribution in [0, 0.1) is 30.1 Å². The first-order valence-corrected chi connectivity index (χ1v) is 20.9. The summed E-state index contributed by atoms with van der Waals surface area (Å²) in [4.78, 5) is 78.1. The van der Waals surface area contributed by atoms with Gasteiger partial charge in [-0.1, -0.05) is 12.1 Å². The van der Waals surface area contributed by atoms with E-state index >= 15 is 4.39 Å². The Labute approximate surface area is 350 Å². The fraction of sp³-hybridized carbons (Fsp3) is 0.477. The van der Waals surface area contributed by atoms with Gasteiger partial charge in [-0.3, -0.25) is 34.2 Å². The Balaban J connectivity index is 0.754. The number of amides is 5. The third kappa shape index (κ3) is 8.95. The number of alkyl halides is 3. The number of hydrogen-bond donors (Lipinski definition) is 2. The standard InChI is InChI=1S/C44H46F4N8O5/c1-49-35-4-3-30(21-33(35)44(46,47)48)54-18-12-29(13-19-54)40(58)51-38-6-2-28(24-50-38)20-26-8-14-53(15-9-26)25-27-10-16-55(17-11-27)37-23-32-31(22-34(37)45)42(60)56(43(32)61)36-5-7-39(57)52-41(36)59/h2-4,6,21-24,26-27,29,36H,5,7-20,25H2,(H,50,51,58)(H,52,57,59). The van der Waals surface area contributed by atoms with Gasteiger partial charge in [0.15, 0.2) is 5.69 Å². The highest BCUT2D eigenvalue weighted by Crippen LogP contribution is 2.40. The molecular formula is C44H46F4N8O5. The van der Waals surface area contributed by atoms with Gasteiger partial charge in [0.25, 0.3) is 11.8 Å². The van der Waals surface area contributed by atoms with Gasteiger partial charge in [0.1, 0.15) is 17.7 Å². The molecule has 0 aliphatic carbocycles. The Bertz CT molecular complexity index is 2260.